The van der Waals surface area contributed by atoms with Gasteiger partial charge in [-0.15, -0.1) is 0 Å². The number of fused-ring (bicyclic) bond motifs is 1. The third-order valence-corrected chi connectivity index (χ3v) is 5.02. The van der Waals surface area contributed by atoms with Gasteiger partial charge in [-0.25, -0.2) is 0 Å². The summed E-state index contributed by atoms with van der Waals surface area (Å²) >= 11 is 0. The van der Waals surface area contributed by atoms with Crippen molar-refractivity contribution in [1.82, 2.24) is 9.47 Å². The van der Waals surface area contributed by atoms with Crippen LogP contribution < -0.4 is 5.32 Å². The highest BCUT2D eigenvalue weighted by Gasteiger charge is 2.25. The van der Waals surface area contributed by atoms with Crippen molar-refractivity contribution in [2.24, 2.45) is 0 Å². The van der Waals surface area contributed by atoms with Crippen molar-refractivity contribution in [1.29, 1.82) is 0 Å². The number of ether oxygens (including phenoxy) is 1. The van der Waals surface area contributed by atoms with Crippen molar-refractivity contribution < 1.29 is 14.3 Å². The molecule has 0 radical (unpaired) electrons. The fourth-order valence-electron chi connectivity index (χ4n) is 3.65. The van der Waals surface area contributed by atoms with Crippen molar-refractivity contribution in [3.63, 3.8) is 0 Å². The molecule has 2 amide bonds. The van der Waals surface area contributed by atoms with Crippen molar-refractivity contribution in [3.05, 3.63) is 66.4 Å². The molecule has 6 heteroatoms. The largest absolute Gasteiger partial charge is 0.370 e. The molecule has 1 N–H and O–H groups in total. The molecule has 1 fully saturated rings. The van der Waals surface area contributed by atoms with Crippen LogP contribution in [0.4, 0.5) is 5.69 Å². The number of rotatable bonds is 4. The number of benzene rings is 2. The third kappa shape index (κ3) is 3.77. The van der Waals surface area contributed by atoms with Crippen LogP contribution in [0.5, 0.6) is 0 Å². The summed E-state index contributed by atoms with van der Waals surface area (Å²) in [7, 11) is 0. The average molecular weight is 377 g/mol. The van der Waals surface area contributed by atoms with Crippen LogP contribution >= 0.6 is 0 Å². The molecule has 0 saturated carbocycles. The molecular formula is C22H23N3O3. The quantitative estimate of drug-likeness (QED) is 0.759. The van der Waals surface area contributed by atoms with Crippen LogP contribution in [-0.2, 0) is 20.9 Å². The van der Waals surface area contributed by atoms with Crippen LogP contribution in [-0.4, -0.2) is 41.0 Å². The predicted molar refractivity (Wildman–Crippen MR) is 108 cm³/mol. The second-order valence-electron chi connectivity index (χ2n) is 6.97. The fourth-order valence-corrected chi connectivity index (χ4v) is 3.65. The standard InChI is InChI=1S/C22H23N3O3/c1-16(26)23-19-8-5-9-20-18(19)10-11-24(20)15-22(27)25-12-13-28-21(14-25)17-6-3-2-4-7-17/h2-11,21H,12-15H2,1H3,(H,23,26). The van der Waals surface area contributed by atoms with Crippen LogP contribution in [0.1, 0.15) is 18.6 Å². The topological polar surface area (TPSA) is 63.6 Å². The number of hydrogen-bond acceptors (Lipinski definition) is 3. The van der Waals surface area contributed by atoms with Gasteiger partial charge < -0.3 is 19.5 Å². The monoisotopic (exact) mass is 377 g/mol. The lowest BCUT2D eigenvalue weighted by Gasteiger charge is -2.33. The number of nitrogens with one attached hydrogen (secondary N) is 1. The molecule has 1 unspecified atom stereocenters. The Labute approximate surface area is 163 Å². The molecule has 4 rings (SSSR count). The van der Waals surface area contributed by atoms with Gasteiger partial charge in [0.1, 0.15) is 12.6 Å². The first-order valence-corrected chi connectivity index (χ1v) is 9.41. The van der Waals surface area contributed by atoms with Gasteiger partial charge in [-0.05, 0) is 23.8 Å². The number of hydrogen-bond donors (Lipinski definition) is 1. The molecule has 2 heterocycles. The Morgan fingerprint density at radius 1 is 1.11 bits per heavy atom. The van der Waals surface area contributed by atoms with Gasteiger partial charge in [-0.3, -0.25) is 9.59 Å². The number of aromatic nitrogens is 1. The lowest BCUT2D eigenvalue weighted by molar-refractivity contribution is -0.139. The zero-order chi connectivity index (χ0) is 19.5. The van der Waals surface area contributed by atoms with Crippen molar-refractivity contribution in [2.75, 3.05) is 25.0 Å². The number of morpholine rings is 1. The van der Waals surface area contributed by atoms with E-state index in [1.165, 1.54) is 6.92 Å². The van der Waals surface area contributed by atoms with E-state index in [4.69, 9.17) is 4.74 Å². The molecule has 28 heavy (non-hydrogen) atoms. The summed E-state index contributed by atoms with van der Waals surface area (Å²) in [5, 5.41) is 3.76. The van der Waals surface area contributed by atoms with Crippen LogP contribution in [0.2, 0.25) is 0 Å². The molecule has 1 aliphatic heterocycles. The van der Waals surface area contributed by atoms with Crippen LogP contribution in [0.25, 0.3) is 10.9 Å². The van der Waals surface area contributed by atoms with Crippen molar-refractivity contribution >= 4 is 28.4 Å². The van der Waals surface area contributed by atoms with E-state index in [-0.39, 0.29) is 24.5 Å². The maximum Gasteiger partial charge on any atom is 0.242 e. The number of nitrogens with zero attached hydrogens (tertiary/aromatic N) is 2. The van der Waals surface area contributed by atoms with Gasteiger partial charge in [-0.1, -0.05) is 36.4 Å². The minimum Gasteiger partial charge on any atom is -0.370 e. The normalized spacial score (nSPS) is 16.9. The summed E-state index contributed by atoms with van der Waals surface area (Å²) in [5.41, 5.74) is 2.77. The zero-order valence-electron chi connectivity index (χ0n) is 15.8. The van der Waals surface area contributed by atoms with E-state index in [0.717, 1.165) is 22.2 Å². The Bertz CT molecular complexity index is 997. The van der Waals surface area contributed by atoms with Crippen LogP contribution in [0.15, 0.2) is 60.8 Å². The number of amides is 2. The summed E-state index contributed by atoms with van der Waals surface area (Å²) in [5.74, 6) is -0.0525. The highest BCUT2D eigenvalue weighted by molar-refractivity contribution is 6.01. The molecule has 0 spiro atoms. The molecule has 1 aromatic heterocycles. The van der Waals surface area contributed by atoms with Gasteiger partial charge >= 0.3 is 0 Å². The Kier molecular flexibility index (Phi) is 5.12. The van der Waals surface area contributed by atoms with Gasteiger partial charge in [-0.2, -0.15) is 0 Å². The smallest absolute Gasteiger partial charge is 0.242 e. The molecular weight excluding hydrogens is 354 g/mol. The predicted octanol–water partition coefficient (Wildman–Crippen LogP) is 3.20. The molecule has 1 saturated heterocycles. The van der Waals surface area contributed by atoms with E-state index in [1.807, 2.05) is 70.3 Å². The minimum absolute atomic E-state index is 0.0617. The van der Waals surface area contributed by atoms with Gasteiger partial charge in [0, 0.05) is 25.1 Å². The number of anilines is 1. The molecule has 1 aliphatic rings. The highest BCUT2D eigenvalue weighted by atomic mass is 16.5. The first-order valence-electron chi connectivity index (χ1n) is 9.41. The van der Waals surface area contributed by atoms with Crippen LogP contribution in [0.3, 0.4) is 0 Å². The van der Waals surface area contributed by atoms with E-state index in [9.17, 15) is 9.59 Å². The Balaban J connectivity index is 1.50. The molecule has 6 nitrogen and oxygen atoms in total. The summed E-state index contributed by atoms with van der Waals surface area (Å²) in [6, 6.07) is 17.6. The molecule has 2 aromatic carbocycles. The van der Waals surface area contributed by atoms with Gasteiger partial charge in [0.2, 0.25) is 11.8 Å². The van der Waals surface area contributed by atoms with E-state index < -0.39 is 0 Å². The molecule has 0 aliphatic carbocycles. The maximum atomic E-state index is 12.9. The second kappa shape index (κ2) is 7.86. The van der Waals surface area contributed by atoms with Crippen molar-refractivity contribution in [3.8, 4) is 0 Å². The second-order valence-corrected chi connectivity index (χ2v) is 6.97. The fraction of sp³-hybridized carbons (Fsp3) is 0.273. The van der Waals surface area contributed by atoms with E-state index in [2.05, 4.69) is 5.32 Å². The van der Waals surface area contributed by atoms with E-state index in [1.54, 1.807) is 0 Å². The minimum atomic E-state index is -0.114. The Morgan fingerprint density at radius 2 is 1.93 bits per heavy atom. The molecule has 0 bridgehead atoms. The Hall–Kier alpha value is -3.12. The van der Waals surface area contributed by atoms with Gasteiger partial charge in [0.05, 0.1) is 24.4 Å². The molecule has 1 atom stereocenters. The highest BCUT2D eigenvalue weighted by Crippen LogP contribution is 2.26. The SMILES string of the molecule is CC(=O)Nc1cccc2c1ccn2CC(=O)N1CCOC(c2ccccc2)C1. The van der Waals surface area contributed by atoms with Gasteiger partial charge in [0.15, 0.2) is 0 Å². The number of carbonyl (C=O) groups is 2. The number of carbonyl (C=O) groups excluding carboxylic acids is 2. The first kappa shape index (κ1) is 18.3. The first-order chi connectivity index (χ1) is 13.6. The lowest BCUT2D eigenvalue weighted by atomic mass is 10.1. The molecule has 3 aromatic rings. The lowest BCUT2D eigenvalue weighted by Crippen LogP contribution is -2.43. The van der Waals surface area contributed by atoms with Gasteiger partial charge in [0.25, 0.3) is 0 Å². The van der Waals surface area contributed by atoms with Crippen LogP contribution in [0, 0.1) is 0 Å². The van der Waals surface area contributed by atoms with E-state index in [0.29, 0.717) is 19.7 Å². The summed E-state index contributed by atoms with van der Waals surface area (Å²) in [6.07, 6.45) is 1.80. The average Bonchev–Trinajstić information content (AvgIpc) is 3.12. The summed E-state index contributed by atoms with van der Waals surface area (Å²) < 4.78 is 7.79. The van der Waals surface area contributed by atoms with E-state index >= 15 is 0 Å². The van der Waals surface area contributed by atoms with Crippen molar-refractivity contribution in [2.45, 2.75) is 19.6 Å². The summed E-state index contributed by atoms with van der Waals surface area (Å²) in [6.45, 7) is 3.43. The summed E-state index contributed by atoms with van der Waals surface area (Å²) in [4.78, 5) is 26.2. The maximum absolute atomic E-state index is 12.9. The molecule has 144 valence electrons. The Morgan fingerprint density at radius 3 is 2.71 bits per heavy atom. The third-order valence-electron chi connectivity index (χ3n) is 5.02. The zero-order valence-corrected chi connectivity index (χ0v) is 15.8.